The fourth-order valence-electron chi connectivity index (χ4n) is 4.12. The van der Waals surface area contributed by atoms with Crippen LogP contribution in [0.2, 0.25) is 0 Å². The number of carbonyl (C=O) groups is 2. The molecule has 36 heavy (non-hydrogen) atoms. The number of aromatic nitrogens is 2. The second-order valence-electron chi connectivity index (χ2n) is 9.61. The van der Waals surface area contributed by atoms with Crippen LogP contribution in [0.1, 0.15) is 85.6 Å². The van der Waals surface area contributed by atoms with Crippen LogP contribution in [0, 0.1) is 17.7 Å². The predicted octanol–water partition coefficient (Wildman–Crippen LogP) is 5.98. The largest absolute Gasteiger partial charge is 0.481 e. The van der Waals surface area contributed by atoms with E-state index in [1.54, 1.807) is 37.3 Å². The van der Waals surface area contributed by atoms with Crippen LogP contribution in [0.15, 0.2) is 47.0 Å². The molecule has 1 heterocycles. The van der Waals surface area contributed by atoms with Gasteiger partial charge < -0.3 is 14.4 Å². The van der Waals surface area contributed by atoms with E-state index < -0.39 is 11.9 Å². The maximum atomic E-state index is 14.0. The molecular weight excluding hydrogens is 463 g/mol. The Morgan fingerprint density at radius 3 is 2.36 bits per heavy atom. The standard InChI is InChI=1S/C22H19FN2O4.C6H12O/c1-12(26)18-10-7-16(11-19(18)23)21-24-22(29-25-21)13(2)28-17-8-5-15(6-9-17)20(27)14-3-4-14;1-5-3-2-4-6(5)7/h5-11,13-14H,3-4H2,1-2H3;5-7H,2-4H2,1H3. The second kappa shape index (κ2) is 11.1. The van der Waals surface area contributed by atoms with Crippen LogP contribution in [0.25, 0.3) is 11.4 Å². The lowest BCUT2D eigenvalue weighted by Gasteiger charge is -2.11. The van der Waals surface area contributed by atoms with Crippen molar-refractivity contribution >= 4 is 11.6 Å². The van der Waals surface area contributed by atoms with Crippen molar-refractivity contribution in [3.8, 4) is 17.1 Å². The van der Waals surface area contributed by atoms with E-state index in [9.17, 15) is 14.0 Å². The molecule has 7 nitrogen and oxygen atoms in total. The average molecular weight is 495 g/mol. The summed E-state index contributed by atoms with van der Waals surface area (Å²) < 4.78 is 25.1. The third-order valence-corrected chi connectivity index (χ3v) is 6.61. The van der Waals surface area contributed by atoms with Crippen molar-refractivity contribution in [1.29, 1.82) is 0 Å². The molecule has 3 unspecified atom stereocenters. The van der Waals surface area contributed by atoms with Gasteiger partial charge in [0.2, 0.25) is 5.82 Å². The lowest BCUT2D eigenvalue weighted by molar-refractivity contribution is 0.0966. The number of halogens is 1. The highest BCUT2D eigenvalue weighted by Crippen LogP contribution is 2.33. The average Bonchev–Trinajstić information content (AvgIpc) is 3.47. The summed E-state index contributed by atoms with van der Waals surface area (Å²) >= 11 is 0. The normalized spacial score (nSPS) is 19.8. The Labute approximate surface area is 209 Å². The number of hydrogen-bond donors (Lipinski definition) is 1. The van der Waals surface area contributed by atoms with Gasteiger partial charge in [0.15, 0.2) is 17.7 Å². The minimum absolute atomic E-state index is 0.0118. The summed E-state index contributed by atoms with van der Waals surface area (Å²) in [7, 11) is 0. The van der Waals surface area contributed by atoms with Gasteiger partial charge in [-0.25, -0.2) is 4.39 Å². The van der Waals surface area contributed by atoms with Crippen molar-refractivity contribution in [2.45, 2.75) is 65.1 Å². The molecule has 190 valence electrons. The number of Topliss-reactive ketones (excluding diaryl/α,β-unsaturated/α-hetero) is 2. The highest BCUT2D eigenvalue weighted by atomic mass is 19.1. The zero-order valence-electron chi connectivity index (χ0n) is 20.7. The molecule has 2 aliphatic carbocycles. The molecule has 0 saturated heterocycles. The lowest BCUT2D eigenvalue weighted by atomic mass is 10.1. The Bertz CT molecular complexity index is 1210. The van der Waals surface area contributed by atoms with Gasteiger partial charge in [-0.3, -0.25) is 9.59 Å². The Hall–Kier alpha value is -3.39. The molecule has 0 radical (unpaired) electrons. The highest BCUT2D eigenvalue weighted by molar-refractivity contribution is 5.99. The van der Waals surface area contributed by atoms with E-state index in [-0.39, 0.29) is 40.9 Å². The maximum absolute atomic E-state index is 14.0. The minimum atomic E-state index is -0.633. The number of carbonyl (C=O) groups excluding carboxylic acids is 2. The van der Waals surface area contributed by atoms with Gasteiger partial charge in [-0.2, -0.15) is 4.98 Å². The zero-order valence-corrected chi connectivity index (χ0v) is 20.7. The molecule has 1 N–H and O–H groups in total. The molecule has 0 bridgehead atoms. The number of aliphatic hydroxyl groups is 1. The van der Waals surface area contributed by atoms with Crippen molar-refractivity contribution in [3.05, 3.63) is 65.3 Å². The first kappa shape index (κ1) is 25.7. The highest BCUT2D eigenvalue weighted by Gasteiger charge is 2.30. The van der Waals surface area contributed by atoms with Crippen LogP contribution < -0.4 is 4.74 Å². The predicted molar refractivity (Wildman–Crippen MR) is 131 cm³/mol. The molecule has 0 aliphatic heterocycles. The molecule has 5 rings (SSSR count). The molecule has 1 aromatic heterocycles. The van der Waals surface area contributed by atoms with Crippen molar-refractivity contribution < 1.29 is 28.3 Å². The molecule has 0 spiro atoms. The van der Waals surface area contributed by atoms with Gasteiger partial charge in [-0.05, 0) is 81.8 Å². The van der Waals surface area contributed by atoms with E-state index in [4.69, 9.17) is 14.4 Å². The van der Waals surface area contributed by atoms with Crippen LogP contribution in [0.5, 0.6) is 5.75 Å². The van der Waals surface area contributed by atoms with Crippen LogP contribution in [-0.2, 0) is 0 Å². The topological polar surface area (TPSA) is 103 Å². The smallest absolute Gasteiger partial charge is 0.267 e. The van der Waals surface area contributed by atoms with Gasteiger partial charge in [0.1, 0.15) is 11.6 Å². The summed E-state index contributed by atoms with van der Waals surface area (Å²) in [6.07, 6.45) is 4.89. The first-order chi connectivity index (χ1) is 17.2. The van der Waals surface area contributed by atoms with E-state index in [1.165, 1.54) is 31.9 Å². The molecule has 2 aliphatic rings. The van der Waals surface area contributed by atoms with Gasteiger partial charge in [-0.1, -0.05) is 24.6 Å². The molecule has 3 atom stereocenters. The van der Waals surface area contributed by atoms with E-state index in [1.807, 2.05) is 0 Å². The second-order valence-corrected chi connectivity index (χ2v) is 9.61. The number of benzene rings is 2. The van der Waals surface area contributed by atoms with Gasteiger partial charge in [-0.15, -0.1) is 0 Å². The van der Waals surface area contributed by atoms with E-state index >= 15 is 0 Å². The zero-order chi connectivity index (χ0) is 25.8. The molecule has 2 fully saturated rings. The van der Waals surface area contributed by atoms with Gasteiger partial charge in [0.25, 0.3) is 5.89 Å². The van der Waals surface area contributed by atoms with Gasteiger partial charge in [0, 0.05) is 17.0 Å². The summed E-state index contributed by atoms with van der Waals surface area (Å²) in [6.45, 7) is 5.16. The van der Waals surface area contributed by atoms with E-state index in [0.29, 0.717) is 22.8 Å². The first-order valence-corrected chi connectivity index (χ1v) is 12.4. The quantitative estimate of drug-likeness (QED) is 0.403. The summed E-state index contributed by atoms with van der Waals surface area (Å²) in [4.78, 5) is 27.7. The molecular formula is C28H31FN2O5. The van der Waals surface area contributed by atoms with Crippen molar-refractivity contribution in [3.63, 3.8) is 0 Å². The van der Waals surface area contributed by atoms with Crippen LogP contribution in [0.4, 0.5) is 4.39 Å². The first-order valence-electron chi connectivity index (χ1n) is 12.4. The van der Waals surface area contributed by atoms with Crippen LogP contribution >= 0.6 is 0 Å². The summed E-state index contributed by atoms with van der Waals surface area (Å²) in [5, 5.41) is 12.9. The van der Waals surface area contributed by atoms with E-state index in [0.717, 1.165) is 19.3 Å². The third-order valence-electron chi connectivity index (χ3n) is 6.61. The number of ether oxygens (including phenoxy) is 1. The van der Waals surface area contributed by atoms with Crippen LogP contribution in [-0.4, -0.2) is 32.9 Å². The monoisotopic (exact) mass is 494 g/mol. The maximum Gasteiger partial charge on any atom is 0.267 e. The Morgan fingerprint density at radius 1 is 1.11 bits per heavy atom. The summed E-state index contributed by atoms with van der Waals surface area (Å²) in [6, 6.07) is 11.1. The Morgan fingerprint density at radius 2 is 1.83 bits per heavy atom. The summed E-state index contributed by atoms with van der Waals surface area (Å²) in [5.41, 5.74) is 1.10. The number of nitrogens with zero attached hydrogens (tertiary/aromatic N) is 2. The Balaban J connectivity index is 0.000000375. The molecule has 0 amide bonds. The molecule has 2 saturated carbocycles. The molecule has 8 heteroatoms. The van der Waals surface area contributed by atoms with Gasteiger partial charge in [0.05, 0.1) is 11.7 Å². The third kappa shape index (κ3) is 6.23. The van der Waals surface area contributed by atoms with E-state index in [2.05, 4.69) is 17.1 Å². The molecule has 3 aromatic rings. The number of hydrogen-bond acceptors (Lipinski definition) is 7. The minimum Gasteiger partial charge on any atom is -0.481 e. The Kier molecular flexibility index (Phi) is 7.94. The fraction of sp³-hybridized carbons (Fsp3) is 0.429. The van der Waals surface area contributed by atoms with Gasteiger partial charge >= 0.3 is 0 Å². The number of aliphatic hydroxyl groups excluding tert-OH is 1. The lowest BCUT2D eigenvalue weighted by Crippen LogP contribution is -2.07. The van der Waals surface area contributed by atoms with Crippen molar-refractivity contribution in [1.82, 2.24) is 10.1 Å². The summed E-state index contributed by atoms with van der Waals surface area (Å²) in [5.74, 6) is 0.938. The number of rotatable bonds is 7. The van der Waals surface area contributed by atoms with Crippen molar-refractivity contribution in [2.24, 2.45) is 11.8 Å². The fourth-order valence-corrected chi connectivity index (χ4v) is 4.12. The molecule has 2 aromatic carbocycles. The van der Waals surface area contributed by atoms with Crippen molar-refractivity contribution in [2.75, 3.05) is 0 Å². The number of ketones is 2. The van der Waals surface area contributed by atoms with Crippen LogP contribution in [0.3, 0.4) is 0 Å². The SMILES string of the molecule is CC(=O)c1ccc(-c2noc(C(C)Oc3ccc(C(=O)C4CC4)cc3)n2)cc1F.CC1CCCC1O.